The molecule has 0 unspecified atom stereocenters. The van der Waals surface area contributed by atoms with Crippen LogP contribution in [0.5, 0.6) is 0 Å². The zero-order valence-electron chi connectivity index (χ0n) is 12.0. The number of hydrogen-bond acceptors (Lipinski definition) is 7. The van der Waals surface area contributed by atoms with Crippen molar-refractivity contribution in [3.63, 3.8) is 0 Å². The van der Waals surface area contributed by atoms with Crippen LogP contribution in [0, 0.1) is 0 Å². The molecule has 1 amide bonds. The Morgan fingerprint density at radius 1 is 1.36 bits per heavy atom. The van der Waals surface area contributed by atoms with E-state index in [2.05, 4.69) is 19.9 Å². The summed E-state index contributed by atoms with van der Waals surface area (Å²) in [6, 6.07) is 5.62. The van der Waals surface area contributed by atoms with Gasteiger partial charge in [-0.25, -0.2) is 9.61 Å². The molecule has 0 saturated heterocycles. The van der Waals surface area contributed by atoms with E-state index < -0.39 is 0 Å². The number of fused-ring (bicyclic) bond motifs is 1. The smallest absolute Gasteiger partial charge is 0.223 e. The summed E-state index contributed by atoms with van der Waals surface area (Å²) in [5.41, 5.74) is 8.82. The van der Waals surface area contributed by atoms with E-state index in [-0.39, 0.29) is 5.91 Å². The second-order valence-electron chi connectivity index (χ2n) is 5.01. The van der Waals surface area contributed by atoms with Gasteiger partial charge in [0.1, 0.15) is 11.0 Å². The lowest BCUT2D eigenvalue weighted by atomic mass is 10.1. The van der Waals surface area contributed by atoms with E-state index in [1.165, 1.54) is 11.3 Å². The molecule has 114 valence electrons. The lowest BCUT2D eigenvalue weighted by Crippen LogP contribution is -2.26. The van der Waals surface area contributed by atoms with Crippen LogP contribution < -0.4 is 5.73 Å². The molecule has 0 fully saturated rings. The first kappa shape index (κ1) is 14.5. The van der Waals surface area contributed by atoms with E-state index in [4.69, 9.17) is 5.73 Å². The molecule has 3 aromatic rings. The fourth-order valence-electron chi connectivity index (χ4n) is 2.15. The van der Waals surface area contributed by atoms with Crippen LogP contribution in [0.25, 0.3) is 11.0 Å². The van der Waals surface area contributed by atoms with Crippen molar-refractivity contribution in [3.05, 3.63) is 34.8 Å². The van der Waals surface area contributed by atoms with E-state index >= 15 is 0 Å². The number of carbonyl (C=O) groups excluding carboxylic acids is 1. The average Bonchev–Trinajstić information content (AvgIpc) is 3.12. The Hall–Kier alpha value is -2.48. The van der Waals surface area contributed by atoms with Crippen molar-refractivity contribution < 1.29 is 9.42 Å². The molecule has 0 aliphatic heterocycles. The molecule has 0 radical (unpaired) electrons. The largest absolute Gasteiger partial charge is 0.375 e. The fraction of sp³-hybridized carbons (Fsp3) is 0.286. The monoisotopic (exact) mass is 317 g/mol. The van der Waals surface area contributed by atoms with Gasteiger partial charge < -0.3 is 10.6 Å². The summed E-state index contributed by atoms with van der Waals surface area (Å²) in [4.78, 5) is 18.0. The van der Waals surface area contributed by atoms with Crippen molar-refractivity contribution in [2.45, 2.75) is 19.4 Å². The molecule has 2 heterocycles. The maximum Gasteiger partial charge on any atom is 0.223 e. The van der Waals surface area contributed by atoms with Gasteiger partial charge in [-0.3, -0.25) is 4.79 Å². The predicted molar refractivity (Wildman–Crippen MR) is 83.1 cm³/mol. The van der Waals surface area contributed by atoms with Gasteiger partial charge in [0.25, 0.3) is 0 Å². The van der Waals surface area contributed by atoms with Gasteiger partial charge in [0.2, 0.25) is 5.91 Å². The van der Waals surface area contributed by atoms with Gasteiger partial charge in [0.05, 0.1) is 5.69 Å². The predicted octanol–water partition coefficient (Wildman–Crippen LogP) is 1.85. The second kappa shape index (κ2) is 6.10. The highest BCUT2D eigenvalue weighted by atomic mass is 32.1. The molecule has 3 rings (SSSR count). The van der Waals surface area contributed by atoms with Crippen molar-refractivity contribution in [3.8, 4) is 0 Å². The third-order valence-corrected chi connectivity index (χ3v) is 4.05. The maximum absolute atomic E-state index is 12.2. The summed E-state index contributed by atoms with van der Waals surface area (Å²) < 4.78 is 4.67. The highest BCUT2D eigenvalue weighted by molar-refractivity contribution is 7.13. The molecule has 1 aromatic carbocycles. The molecule has 7 nitrogen and oxygen atoms in total. The number of nitrogens with two attached hydrogens (primary N) is 1. The van der Waals surface area contributed by atoms with Crippen molar-refractivity contribution in [1.29, 1.82) is 0 Å². The molecule has 8 heteroatoms. The average molecular weight is 317 g/mol. The van der Waals surface area contributed by atoms with Gasteiger partial charge in [-0.15, -0.1) is 11.3 Å². The van der Waals surface area contributed by atoms with Crippen LogP contribution in [0.2, 0.25) is 0 Å². The number of nitrogen functional groups attached to an aromatic ring is 1. The lowest BCUT2D eigenvalue weighted by molar-refractivity contribution is -0.130. The van der Waals surface area contributed by atoms with Crippen LogP contribution in [0.3, 0.4) is 0 Å². The van der Waals surface area contributed by atoms with Crippen LogP contribution in [0.4, 0.5) is 5.13 Å². The minimum absolute atomic E-state index is 0.0601. The normalized spacial score (nSPS) is 11.0. The molecule has 0 aliphatic rings. The number of hydrogen-bond donors (Lipinski definition) is 1. The first-order valence-corrected chi connectivity index (χ1v) is 7.65. The van der Waals surface area contributed by atoms with Crippen molar-refractivity contribution >= 4 is 33.4 Å². The molecule has 2 N–H and O–H groups in total. The molecule has 0 bridgehead atoms. The molecule has 0 saturated carbocycles. The van der Waals surface area contributed by atoms with Gasteiger partial charge in [-0.2, -0.15) is 0 Å². The molecule has 0 atom stereocenters. The Morgan fingerprint density at radius 3 is 2.95 bits per heavy atom. The van der Waals surface area contributed by atoms with E-state index in [1.54, 1.807) is 11.9 Å². The summed E-state index contributed by atoms with van der Waals surface area (Å²) >= 11 is 1.39. The Kier molecular flexibility index (Phi) is 4.01. The van der Waals surface area contributed by atoms with E-state index in [0.29, 0.717) is 35.6 Å². The number of rotatable bonds is 5. The number of aryl methyl sites for hydroxylation is 1. The number of amides is 1. The Morgan fingerprint density at radius 2 is 2.18 bits per heavy atom. The molecular weight excluding hydrogens is 302 g/mol. The van der Waals surface area contributed by atoms with Gasteiger partial charge in [0, 0.05) is 25.4 Å². The fourth-order valence-corrected chi connectivity index (χ4v) is 2.75. The number of thiazole rings is 1. The number of carbonyl (C=O) groups is 1. The summed E-state index contributed by atoms with van der Waals surface area (Å²) in [5.74, 6) is 0.0601. The number of aromatic nitrogens is 3. The maximum atomic E-state index is 12.2. The highest BCUT2D eigenvalue weighted by Gasteiger charge is 2.11. The minimum Gasteiger partial charge on any atom is -0.375 e. The number of benzene rings is 1. The Bertz CT molecular complexity index is 797. The molecule has 0 spiro atoms. The zero-order chi connectivity index (χ0) is 15.5. The Balaban J connectivity index is 1.58. The summed E-state index contributed by atoms with van der Waals surface area (Å²) in [5, 5.41) is 9.97. The van der Waals surface area contributed by atoms with Crippen LogP contribution >= 0.6 is 11.3 Å². The first-order valence-electron chi connectivity index (χ1n) is 6.77. The van der Waals surface area contributed by atoms with Crippen LogP contribution in [0.1, 0.15) is 17.7 Å². The third kappa shape index (κ3) is 3.22. The first-order chi connectivity index (χ1) is 10.6. The summed E-state index contributed by atoms with van der Waals surface area (Å²) in [7, 11) is 1.78. The SMILES string of the molecule is CN(Cc1ccc2nonc2c1)C(=O)CCc1csc(N)n1. The molecule has 22 heavy (non-hydrogen) atoms. The van der Waals surface area contributed by atoms with Crippen LogP contribution in [-0.2, 0) is 17.8 Å². The molecule has 2 aromatic heterocycles. The van der Waals surface area contributed by atoms with Gasteiger partial charge in [0.15, 0.2) is 5.13 Å². The third-order valence-electron chi connectivity index (χ3n) is 3.33. The lowest BCUT2D eigenvalue weighted by Gasteiger charge is -2.17. The van der Waals surface area contributed by atoms with E-state index in [0.717, 1.165) is 11.3 Å². The van der Waals surface area contributed by atoms with Crippen LogP contribution in [0.15, 0.2) is 28.2 Å². The standard InChI is InChI=1S/C14H15N5O2S/c1-19(13(20)5-3-10-8-22-14(15)16-10)7-9-2-4-11-12(6-9)18-21-17-11/h2,4,6,8H,3,5,7H2,1H3,(H2,15,16). The second-order valence-corrected chi connectivity index (χ2v) is 5.90. The van der Waals surface area contributed by atoms with Gasteiger partial charge >= 0.3 is 0 Å². The number of nitrogens with zero attached hydrogens (tertiary/aromatic N) is 4. The minimum atomic E-state index is 0.0601. The molecular formula is C14H15N5O2S. The topological polar surface area (TPSA) is 98.1 Å². The Labute approximate surface area is 130 Å². The van der Waals surface area contributed by atoms with E-state index in [1.807, 2.05) is 23.6 Å². The van der Waals surface area contributed by atoms with Gasteiger partial charge in [-0.1, -0.05) is 6.07 Å². The summed E-state index contributed by atoms with van der Waals surface area (Å²) in [6.07, 6.45) is 1.01. The van der Waals surface area contributed by atoms with Crippen molar-refractivity contribution in [2.24, 2.45) is 0 Å². The van der Waals surface area contributed by atoms with Crippen molar-refractivity contribution in [1.82, 2.24) is 20.2 Å². The quantitative estimate of drug-likeness (QED) is 0.771. The zero-order valence-corrected chi connectivity index (χ0v) is 12.8. The highest BCUT2D eigenvalue weighted by Crippen LogP contribution is 2.15. The number of anilines is 1. The van der Waals surface area contributed by atoms with E-state index in [9.17, 15) is 4.79 Å². The van der Waals surface area contributed by atoms with Gasteiger partial charge in [-0.05, 0) is 34.4 Å². The van der Waals surface area contributed by atoms with Crippen LogP contribution in [-0.4, -0.2) is 33.2 Å². The molecule has 0 aliphatic carbocycles. The summed E-state index contributed by atoms with van der Waals surface area (Å²) in [6.45, 7) is 0.515. The van der Waals surface area contributed by atoms with Crippen molar-refractivity contribution in [2.75, 3.05) is 12.8 Å².